The molecule has 6 nitrogen and oxygen atoms in total. The van der Waals surface area contributed by atoms with Gasteiger partial charge in [-0.15, -0.1) is 0 Å². The van der Waals surface area contributed by atoms with Crippen molar-refractivity contribution in [2.45, 2.75) is 39.2 Å². The average molecular weight is 222 g/mol. The first-order valence-electron chi connectivity index (χ1n) is 5.27. The molecule has 1 rings (SSSR count). The normalized spacial score (nSPS) is 12.1. The van der Waals surface area contributed by atoms with Crippen LogP contribution in [0.3, 0.4) is 0 Å². The molecule has 1 aromatic rings. The van der Waals surface area contributed by atoms with Gasteiger partial charge in [-0.3, -0.25) is 0 Å². The lowest BCUT2D eigenvalue weighted by molar-refractivity contribution is -0.390. The summed E-state index contributed by atoms with van der Waals surface area (Å²) in [6.07, 6.45) is 4.19. The van der Waals surface area contributed by atoms with Gasteiger partial charge in [0.1, 0.15) is 6.07 Å². The van der Waals surface area contributed by atoms with Crippen LogP contribution in [0.25, 0.3) is 0 Å². The predicted molar refractivity (Wildman–Crippen MR) is 57.8 cm³/mol. The van der Waals surface area contributed by atoms with Crippen LogP contribution in [0.4, 0.5) is 5.82 Å². The van der Waals surface area contributed by atoms with Gasteiger partial charge in [-0.1, -0.05) is 20.3 Å². The largest absolute Gasteiger partial charge is 0.407 e. The highest BCUT2D eigenvalue weighted by Crippen LogP contribution is 2.22. The summed E-state index contributed by atoms with van der Waals surface area (Å²) < 4.78 is 1.54. The molecule has 0 spiro atoms. The van der Waals surface area contributed by atoms with Crippen molar-refractivity contribution in [3.8, 4) is 6.07 Å². The van der Waals surface area contributed by atoms with Gasteiger partial charge in [0.05, 0.1) is 17.3 Å². The van der Waals surface area contributed by atoms with Crippen molar-refractivity contribution in [2.75, 3.05) is 0 Å². The number of hydrogen-bond donors (Lipinski definition) is 0. The van der Waals surface area contributed by atoms with Crippen LogP contribution < -0.4 is 0 Å². The van der Waals surface area contributed by atoms with Gasteiger partial charge >= 0.3 is 5.82 Å². The third-order valence-corrected chi connectivity index (χ3v) is 2.47. The zero-order chi connectivity index (χ0) is 12.1. The van der Waals surface area contributed by atoms with Crippen LogP contribution in [0.5, 0.6) is 0 Å². The van der Waals surface area contributed by atoms with Crippen LogP contribution in [0.15, 0.2) is 6.20 Å². The second-order valence-corrected chi connectivity index (χ2v) is 3.57. The van der Waals surface area contributed by atoms with Gasteiger partial charge < -0.3 is 10.1 Å². The van der Waals surface area contributed by atoms with Gasteiger partial charge in [0, 0.05) is 0 Å². The molecule has 0 aliphatic rings. The molecule has 0 saturated heterocycles. The van der Waals surface area contributed by atoms with Crippen LogP contribution in [-0.4, -0.2) is 14.7 Å². The predicted octanol–water partition coefficient (Wildman–Crippen LogP) is 2.41. The molecule has 1 aromatic heterocycles. The second kappa shape index (κ2) is 5.26. The minimum absolute atomic E-state index is 0.0274. The molecule has 6 heteroatoms. The summed E-state index contributed by atoms with van der Waals surface area (Å²) in [5.41, 5.74) is 0.0274. The van der Waals surface area contributed by atoms with E-state index in [1.165, 1.54) is 6.20 Å². The Labute approximate surface area is 93.6 Å². The van der Waals surface area contributed by atoms with E-state index in [4.69, 9.17) is 5.26 Å². The van der Waals surface area contributed by atoms with E-state index in [9.17, 15) is 10.1 Å². The minimum Gasteiger partial charge on any atom is -0.358 e. The van der Waals surface area contributed by atoms with Crippen LogP contribution in [0, 0.1) is 21.4 Å². The van der Waals surface area contributed by atoms with Crippen LogP contribution in [0.2, 0.25) is 0 Å². The molecular formula is C10H14N4O2. The fourth-order valence-electron chi connectivity index (χ4n) is 1.64. The van der Waals surface area contributed by atoms with Gasteiger partial charge in [0.15, 0.2) is 5.56 Å². The molecule has 0 fully saturated rings. The number of hydrogen-bond acceptors (Lipinski definition) is 4. The van der Waals surface area contributed by atoms with Crippen molar-refractivity contribution in [2.24, 2.45) is 0 Å². The Balaban J connectivity index is 3.07. The van der Waals surface area contributed by atoms with E-state index in [2.05, 4.69) is 5.10 Å². The summed E-state index contributed by atoms with van der Waals surface area (Å²) in [5, 5.41) is 23.3. The maximum Gasteiger partial charge on any atom is 0.407 e. The number of aromatic nitrogens is 2. The van der Waals surface area contributed by atoms with Crippen molar-refractivity contribution in [3.05, 3.63) is 21.9 Å². The Morgan fingerprint density at radius 1 is 1.69 bits per heavy atom. The van der Waals surface area contributed by atoms with Crippen molar-refractivity contribution in [1.82, 2.24) is 9.78 Å². The molecule has 86 valence electrons. The van der Waals surface area contributed by atoms with Crippen molar-refractivity contribution < 1.29 is 4.92 Å². The fourth-order valence-corrected chi connectivity index (χ4v) is 1.64. The number of rotatable bonds is 5. The monoisotopic (exact) mass is 222 g/mol. The maximum atomic E-state index is 10.6. The van der Waals surface area contributed by atoms with Crippen LogP contribution in [0.1, 0.15) is 44.7 Å². The molecular weight excluding hydrogens is 208 g/mol. The van der Waals surface area contributed by atoms with Crippen LogP contribution in [-0.2, 0) is 0 Å². The van der Waals surface area contributed by atoms with E-state index < -0.39 is 4.92 Å². The van der Waals surface area contributed by atoms with Crippen molar-refractivity contribution in [1.29, 1.82) is 5.26 Å². The Morgan fingerprint density at radius 2 is 2.38 bits per heavy atom. The van der Waals surface area contributed by atoms with E-state index in [-0.39, 0.29) is 17.4 Å². The molecule has 0 aliphatic carbocycles. The molecule has 0 amide bonds. The molecule has 0 N–H and O–H groups in total. The van der Waals surface area contributed by atoms with E-state index in [1.807, 2.05) is 13.8 Å². The van der Waals surface area contributed by atoms with E-state index in [0.29, 0.717) is 0 Å². The lowest BCUT2D eigenvalue weighted by Crippen LogP contribution is -2.08. The highest BCUT2D eigenvalue weighted by molar-refractivity contribution is 5.41. The smallest absolute Gasteiger partial charge is 0.358 e. The number of nitriles is 1. The lowest BCUT2D eigenvalue weighted by atomic mass is 10.1. The standard InChI is InChI=1S/C10H14N4O2/c1-3-5-9(4-2)13-7-8(6-11)10(12-13)14(15)16/h7,9H,3-5H2,1-2H3. The van der Waals surface area contributed by atoms with Crippen LogP contribution >= 0.6 is 0 Å². The third kappa shape index (κ3) is 2.37. The van der Waals surface area contributed by atoms with Gasteiger partial charge in [0.25, 0.3) is 0 Å². The fraction of sp³-hybridized carbons (Fsp3) is 0.600. The summed E-state index contributed by atoms with van der Waals surface area (Å²) in [6, 6.07) is 1.92. The molecule has 0 radical (unpaired) electrons. The SMILES string of the molecule is CCCC(CC)n1cc(C#N)c([N+](=O)[O-])n1. The van der Waals surface area contributed by atoms with E-state index >= 15 is 0 Å². The lowest BCUT2D eigenvalue weighted by Gasteiger charge is -2.09. The summed E-state index contributed by atoms with van der Waals surface area (Å²) in [4.78, 5) is 10.0. The molecule has 1 atom stereocenters. The highest BCUT2D eigenvalue weighted by atomic mass is 16.6. The second-order valence-electron chi connectivity index (χ2n) is 3.57. The van der Waals surface area contributed by atoms with Crippen molar-refractivity contribution in [3.63, 3.8) is 0 Å². The molecule has 1 heterocycles. The molecule has 0 saturated carbocycles. The first kappa shape index (κ1) is 12.2. The summed E-state index contributed by atoms with van der Waals surface area (Å²) in [6.45, 7) is 4.05. The highest BCUT2D eigenvalue weighted by Gasteiger charge is 2.23. The number of nitro groups is 1. The minimum atomic E-state index is -0.617. The molecule has 0 aliphatic heterocycles. The Bertz CT molecular complexity index is 419. The summed E-state index contributed by atoms with van der Waals surface area (Å²) in [5.74, 6) is -0.350. The van der Waals surface area contributed by atoms with Gasteiger partial charge in [-0.05, 0) is 17.8 Å². The van der Waals surface area contributed by atoms with E-state index in [0.717, 1.165) is 19.3 Å². The average Bonchev–Trinajstić information content (AvgIpc) is 2.69. The molecule has 0 aromatic carbocycles. The maximum absolute atomic E-state index is 10.6. The van der Waals surface area contributed by atoms with Gasteiger partial charge in [0.2, 0.25) is 0 Å². The molecule has 0 bridgehead atoms. The first-order chi connectivity index (χ1) is 7.63. The Hall–Kier alpha value is -1.90. The van der Waals surface area contributed by atoms with Gasteiger partial charge in [-0.25, -0.2) is 0 Å². The van der Waals surface area contributed by atoms with E-state index in [1.54, 1.807) is 10.8 Å². The third-order valence-electron chi connectivity index (χ3n) is 2.47. The number of nitrogens with zero attached hydrogens (tertiary/aromatic N) is 4. The quantitative estimate of drug-likeness (QED) is 0.565. The Kier molecular flexibility index (Phi) is 4.00. The summed E-state index contributed by atoms with van der Waals surface area (Å²) in [7, 11) is 0. The Morgan fingerprint density at radius 3 is 2.75 bits per heavy atom. The summed E-state index contributed by atoms with van der Waals surface area (Å²) >= 11 is 0. The molecule has 1 unspecified atom stereocenters. The molecule has 16 heavy (non-hydrogen) atoms. The zero-order valence-corrected chi connectivity index (χ0v) is 9.38. The van der Waals surface area contributed by atoms with Crippen molar-refractivity contribution >= 4 is 5.82 Å². The first-order valence-corrected chi connectivity index (χ1v) is 5.27. The topological polar surface area (TPSA) is 84.8 Å². The van der Waals surface area contributed by atoms with Gasteiger partial charge in [-0.2, -0.15) is 9.94 Å². The zero-order valence-electron chi connectivity index (χ0n) is 9.38.